The van der Waals surface area contributed by atoms with E-state index in [1.54, 1.807) is 0 Å². The molecular weight excluding hydrogens is 126 g/mol. The molecular formula is C8H13NO. The molecule has 3 fully saturated rings. The second kappa shape index (κ2) is 1.56. The van der Waals surface area contributed by atoms with E-state index < -0.39 is 0 Å². The van der Waals surface area contributed by atoms with Gasteiger partial charge < -0.3 is 10.5 Å². The number of nitrogens with two attached hydrogens (primary N) is 1. The van der Waals surface area contributed by atoms with Gasteiger partial charge in [-0.05, 0) is 37.1 Å². The van der Waals surface area contributed by atoms with Crippen molar-refractivity contribution in [3.63, 3.8) is 0 Å². The highest BCUT2D eigenvalue weighted by Gasteiger charge is 2.62. The van der Waals surface area contributed by atoms with E-state index in [0.717, 1.165) is 24.3 Å². The van der Waals surface area contributed by atoms with Crippen LogP contribution in [-0.4, -0.2) is 18.8 Å². The van der Waals surface area contributed by atoms with Crippen LogP contribution in [0.1, 0.15) is 12.8 Å². The van der Waals surface area contributed by atoms with Crippen molar-refractivity contribution in [1.82, 2.24) is 0 Å². The fourth-order valence-electron chi connectivity index (χ4n) is 3.00. The fraction of sp³-hybridized carbons (Fsp3) is 1.00. The summed E-state index contributed by atoms with van der Waals surface area (Å²) in [6.45, 7) is 0.883. The summed E-state index contributed by atoms with van der Waals surface area (Å²) in [4.78, 5) is 0. The van der Waals surface area contributed by atoms with E-state index in [4.69, 9.17) is 10.5 Å². The van der Waals surface area contributed by atoms with Crippen molar-refractivity contribution in [3.05, 3.63) is 0 Å². The first kappa shape index (κ1) is 5.56. The van der Waals surface area contributed by atoms with Crippen LogP contribution >= 0.6 is 0 Å². The first-order valence-electron chi connectivity index (χ1n) is 4.25. The first-order valence-corrected chi connectivity index (χ1v) is 4.25. The Morgan fingerprint density at radius 3 is 2.80 bits per heavy atom. The summed E-state index contributed by atoms with van der Waals surface area (Å²) in [5, 5.41) is 0. The molecule has 2 aliphatic carbocycles. The second-order valence-electron chi connectivity index (χ2n) is 3.96. The van der Waals surface area contributed by atoms with E-state index in [1.807, 2.05) is 0 Å². The van der Waals surface area contributed by atoms with Crippen LogP contribution in [0.3, 0.4) is 0 Å². The molecule has 0 aromatic heterocycles. The Morgan fingerprint density at radius 2 is 2.20 bits per heavy atom. The van der Waals surface area contributed by atoms with Crippen molar-refractivity contribution in [2.24, 2.45) is 23.5 Å². The van der Waals surface area contributed by atoms with Gasteiger partial charge in [-0.25, -0.2) is 0 Å². The molecule has 5 atom stereocenters. The van der Waals surface area contributed by atoms with Gasteiger partial charge in [-0.1, -0.05) is 0 Å². The monoisotopic (exact) mass is 139 g/mol. The lowest BCUT2D eigenvalue weighted by Gasteiger charge is -2.15. The normalized spacial score (nSPS) is 62.7. The van der Waals surface area contributed by atoms with Crippen LogP contribution in [0.2, 0.25) is 0 Å². The van der Waals surface area contributed by atoms with Gasteiger partial charge in [0.25, 0.3) is 0 Å². The molecule has 3 aliphatic rings. The average molecular weight is 139 g/mol. The standard InChI is InChI=1S/C8H13NO/c9-3-5-1-4-2-6(5)8-7(4)10-8/h4-8H,1-3,9H2. The third kappa shape index (κ3) is 0.487. The van der Waals surface area contributed by atoms with Gasteiger partial charge in [-0.15, -0.1) is 0 Å². The number of rotatable bonds is 1. The molecule has 0 amide bonds. The lowest BCUT2D eigenvalue weighted by atomic mass is 9.89. The Bertz CT molecular complexity index is 171. The molecule has 2 saturated carbocycles. The van der Waals surface area contributed by atoms with E-state index in [0.29, 0.717) is 12.2 Å². The highest BCUT2D eigenvalue weighted by molar-refractivity contribution is 5.10. The zero-order valence-electron chi connectivity index (χ0n) is 5.99. The van der Waals surface area contributed by atoms with Gasteiger partial charge in [-0.3, -0.25) is 0 Å². The maximum Gasteiger partial charge on any atom is 0.0876 e. The Kier molecular flexibility index (Phi) is 0.868. The van der Waals surface area contributed by atoms with Crippen molar-refractivity contribution in [1.29, 1.82) is 0 Å². The Hall–Kier alpha value is -0.0800. The molecule has 2 bridgehead atoms. The van der Waals surface area contributed by atoms with Crippen molar-refractivity contribution in [2.75, 3.05) is 6.54 Å². The van der Waals surface area contributed by atoms with Crippen LogP contribution in [0.5, 0.6) is 0 Å². The van der Waals surface area contributed by atoms with Gasteiger partial charge in [0.05, 0.1) is 12.2 Å². The van der Waals surface area contributed by atoms with Crippen LogP contribution in [-0.2, 0) is 4.74 Å². The molecule has 1 saturated heterocycles. The largest absolute Gasteiger partial charge is 0.369 e. The molecule has 56 valence electrons. The quantitative estimate of drug-likeness (QED) is 0.533. The lowest BCUT2D eigenvalue weighted by Crippen LogP contribution is -2.24. The predicted octanol–water partition coefficient (Wildman–Crippen LogP) is 0.369. The van der Waals surface area contributed by atoms with Crippen LogP contribution in [0, 0.1) is 17.8 Å². The maximum atomic E-state index is 5.65. The molecule has 1 heterocycles. The van der Waals surface area contributed by atoms with Crippen molar-refractivity contribution >= 4 is 0 Å². The third-order valence-corrected chi connectivity index (χ3v) is 3.54. The average Bonchev–Trinajstić information content (AvgIpc) is 2.58. The van der Waals surface area contributed by atoms with Crippen LogP contribution in [0.15, 0.2) is 0 Å². The van der Waals surface area contributed by atoms with Crippen LogP contribution in [0.4, 0.5) is 0 Å². The van der Waals surface area contributed by atoms with Gasteiger partial charge >= 0.3 is 0 Å². The zero-order chi connectivity index (χ0) is 6.72. The van der Waals surface area contributed by atoms with Gasteiger partial charge in [0, 0.05) is 0 Å². The Labute approximate surface area is 60.7 Å². The Morgan fingerprint density at radius 1 is 1.30 bits per heavy atom. The smallest absolute Gasteiger partial charge is 0.0876 e. The van der Waals surface area contributed by atoms with E-state index in [1.165, 1.54) is 12.8 Å². The summed E-state index contributed by atoms with van der Waals surface area (Å²) < 4.78 is 5.52. The zero-order valence-corrected chi connectivity index (χ0v) is 5.99. The molecule has 0 radical (unpaired) electrons. The minimum atomic E-state index is 0.646. The molecule has 10 heavy (non-hydrogen) atoms. The molecule has 5 unspecified atom stereocenters. The summed E-state index contributed by atoms with van der Waals surface area (Å²) in [5.74, 6) is 2.54. The minimum absolute atomic E-state index is 0.646. The summed E-state index contributed by atoms with van der Waals surface area (Å²) >= 11 is 0. The molecule has 0 aromatic carbocycles. The predicted molar refractivity (Wildman–Crippen MR) is 37.4 cm³/mol. The molecule has 1 aliphatic heterocycles. The Balaban J connectivity index is 1.85. The second-order valence-corrected chi connectivity index (χ2v) is 3.96. The van der Waals surface area contributed by atoms with Gasteiger partial charge in [-0.2, -0.15) is 0 Å². The third-order valence-electron chi connectivity index (χ3n) is 3.54. The maximum absolute atomic E-state index is 5.65. The SMILES string of the molecule is NCC1CC2CC1C1OC21. The molecule has 2 nitrogen and oxygen atoms in total. The van der Waals surface area contributed by atoms with Crippen molar-refractivity contribution in [2.45, 2.75) is 25.0 Å². The summed E-state index contributed by atoms with van der Waals surface area (Å²) in [6.07, 6.45) is 4.08. The van der Waals surface area contributed by atoms with E-state index in [2.05, 4.69) is 0 Å². The van der Waals surface area contributed by atoms with Gasteiger partial charge in [0.2, 0.25) is 0 Å². The number of hydrogen-bond acceptors (Lipinski definition) is 2. The van der Waals surface area contributed by atoms with E-state index in [9.17, 15) is 0 Å². The summed E-state index contributed by atoms with van der Waals surface area (Å²) in [5.41, 5.74) is 5.65. The van der Waals surface area contributed by atoms with Crippen LogP contribution < -0.4 is 5.73 Å². The summed E-state index contributed by atoms with van der Waals surface area (Å²) in [7, 11) is 0. The topological polar surface area (TPSA) is 38.5 Å². The van der Waals surface area contributed by atoms with Gasteiger partial charge in [0.1, 0.15) is 0 Å². The highest BCUT2D eigenvalue weighted by atomic mass is 16.6. The number of ether oxygens (including phenoxy) is 1. The molecule has 3 rings (SSSR count). The van der Waals surface area contributed by atoms with Crippen molar-refractivity contribution < 1.29 is 4.74 Å². The molecule has 2 N–H and O–H groups in total. The fourth-order valence-corrected chi connectivity index (χ4v) is 3.00. The number of hydrogen-bond donors (Lipinski definition) is 1. The van der Waals surface area contributed by atoms with Crippen LogP contribution in [0.25, 0.3) is 0 Å². The first-order chi connectivity index (χ1) is 4.90. The molecule has 0 aromatic rings. The molecule has 2 heteroatoms. The molecule has 0 spiro atoms. The van der Waals surface area contributed by atoms with Crippen molar-refractivity contribution in [3.8, 4) is 0 Å². The summed E-state index contributed by atoms with van der Waals surface area (Å²) in [6, 6.07) is 0. The lowest BCUT2D eigenvalue weighted by molar-refractivity contribution is 0.252. The minimum Gasteiger partial charge on any atom is -0.369 e. The van der Waals surface area contributed by atoms with E-state index >= 15 is 0 Å². The van der Waals surface area contributed by atoms with E-state index in [-0.39, 0.29) is 0 Å². The highest BCUT2D eigenvalue weighted by Crippen LogP contribution is 2.58. The van der Waals surface area contributed by atoms with Gasteiger partial charge in [0.15, 0.2) is 0 Å². The number of epoxide rings is 1. The number of fused-ring (bicyclic) bond motifs is 5.